The van der Waals surface area contributed by atoms with E-state index in [1.807, 2.05) is 12.1 Å². The van der Waals surface area contributed by atoms with Gasteiger partial charge in [-0.15, -0.1) is 11.3 Å². The molecule has 84 valence electrons. The summed E-state index contributed by atoms with van der Waals surface area (Å²) in [6.45, 7) is 3.51. The Bertz CT molecular complexity index is 479. The maximum Gasteiger partial charge on any atom is 0.123 e. The zero-order valence-corrected chi connectivity index (χ0v) is 10.0. The Labute approximate surface area is 98.2 Å². The second-order valence-corrected chi connectivity index (χ2v) is 5.31. The predicted molar refractivity (Wildman–Crippen MR) is 65.0 cm³/mol. The maximum absolute atomic E-state index is 12.8. The first-order chi connectivity index (χ1) is 7.47. The third kappa shape index (κ3) is 2.31. The van der Waals surface area contributed by atoms with E-state index in [0.29, 0.717) is 0 Å². The standard InChI is InChI=1S/C13H13FOS/c1-13(2,15)12-8-7-11(16-12)9-3-5-10(14)6-4-9/h3-8,15H,1-2H3. The first kappa shape index (κ1) is 11.3. The zero-order valence-electron chi connectivity index (χ0n) is 9.20. The lowest BCUT2D eigenvalue weighted by Gasteiger charge is -2.13. The first-order valence-corrected chi connectivity index (χ1v) is 5.87. The summed E-state index contributed by atoms with van der Waals surface area (Å²) in [5.41, 5.74) is 0.157. The van der Waals surface area contributed by atoms with E-state index in [1.165, 1.54) is 23.5 Å². The fourth-order valence-corrected chi connectivity index (χ4v) is 2.45. The molecule has 0 radical (unpaired) electrons. The number of hydrogen-bond donors (Lipinski definition) is 1. The van der Waals surface area contributed by atoms with Crippen molar-refractivity contribution in [3.63, 3.8) is 0 Å². The largest absolute Gasteiger partial charge is 0.385 e. The molecule has 0 saturated carbocycles. The highest BCUT2D eigenvalue weighted by Gasteiger charge is 2.18. The molecular formula is C13H13FOS. The number of hydrogen-bond acceptors (Lipinski definition) is 2. The smallest absolute Gasteiger partial charge is 0.123 e. The Hall–Kier alpha value is -1.19. The quantitative estimate of drug-likeness (QED) is 0.841. The minimum Gasteiger partial charge on any atom is -0.385 e. The Morgan fingerprint density at radius 3 is 2.19 bits per heavy atom. The molecule has 2 aromatic rings. The number of thiophene rings is 1. The first-order valence-electron chi connectivity index (χ1n) is 5.05. The van der Waals surface area contributed by atoms with Crippen molar-refractivity contribution in [1.82, 2.24) is 0 Å². The minimum atomic E-state index is -0.817. The van der Waals surface area contributed by atoms with Crippen molar-refractivity contribution in [2.75, 3.05) is 0 Å². The van der Waals surface area contributed by atoms with Crippen LogP contribution in [-0.2, 0) is 5.60 Å². The molecule has 0 bridgehead atoms. The van der Waals surface area contributed by atoms with Crippen LogP contribution in [0, 0.1) is 5.82 Å². The number of benzene rings is 1. The van der Waals surface area contributed by atoms with Gasteiger partial charge in [-0.3, -0.25) is 0 Å². The van der Waals surface area contributed by atoms with E-state index in [4.69, 9.17) is 0 Å². The Morgan fingerprint density at radius 1 is 1.06 bits per heavy atom. The summed E-state index contributed by atoms with van der Waals surface area (Å²) in [7, 11) is 0. The van der Waals surface area contributed by atoms with Gasteiger partial charge in [-0.1, -0.05) is 12.1 Å². The molecule has 1 aromatic heterocycles. The molecular weight excluding hydrogens is 223 g/mol. The van der Waals surface area contributed by atoms with Crippen LogP contribution in [0.3, 0.4) is 0 Å². The van der Waals surface area contributed by atoms with Crippen LogP contribution >= 0.6 is 11.3 Å². The lowest BCUT2D eigenvalue weighted by atomic mass is 10.1. The van der Waals surface area contributed by atoms with Crippen molar-refractivity contribution < 1.29 is 9.50 Å². The second kappa shape index (κ2) is 4.00. The van der Waals surface area contributed by atoms with Gasteiger partial charge in [-0.25, -0.2) is 4.39 Å². The Morgan fingerprint density at radius 2 is 1.69 bits per heavy atom. The third-order valence-electron chi connectivity index (χ3n) is 2.34. The monoisotopic (exact) mass is 236 g/mol. The molecule has 3 heteroatoms. The summed E-state index contributed by atoms with van der Waals surface area (Å²) < 4.78 is 12.8. The predicted octanol–water partition coefficient (Wildman–Crippen LogP) is 3.78. The van der Waals surface area contributed by atoms with E-state index in [2.05, 4.69) is 0 Å². The van der Waals surface area contributed by atoms with Gasteiger partial charge in [0.25, 0.3) is 0 Å². The van der Waals surface area contributed by atoms with Crippen LogP contribution in [0.2, 0.25) is 0 Å². The molecule has 1 N–H and O–H groups in total. The van der Waals surface area contributed by atoms with Crippen LogP contribution in [-0.4, -0.2) is 5.11 Å². The molecule has 0 saturated heterocycles. The molecule has 1 aromatic carbocycles. The van der Waals surface area contributed by atoms with Gasteiger partial charge in [0, 0.05) is 9.75 Å². The average Bonchev–Trinajstić information content (AvgIpc) is 2.67. The highest BCUT2D eigenvalue weighted by atomic mass is 32.1. The molecule has 1 heterocycles. The van der Waals surface area contributed by atoms with Crippen molar-refractivity contribution in [2.24, 2.45) is 0 Å². The average molecular weight is 236 g/mol. The third-order valence-corrected chi connectivity index (χ3v) is 3.78. The van der Waals surface area contributed by atoms with Gasteiger partial charge >= 0.3 is 0 Å². The van der Waals surface area contributed by atoms with Crippen molar-refractivity contribution >= 4 is 11.3 Å². The molecule has 1 nitrogen and oxygen atoms in total. The summed E-state index contributed by atoms with van der Waals surface area (Å²) in [5.74, 6) is -0.233. The summed E-state index contributed by atoms with van der Waals surface area (Å²) in [6, 6.07) is 10.2. The number of rotatable bonds is 2. The summed E-state index contributed by atoms with van der Waals surface area (Å²) in [6.07, 6.45) is 0. The van der Waals surface area contributed by atoms with E-state index >= 15 is 0 Å². The highest BCUT2D eigenvalue weighted by Crippen LogP contribution is 2.33. The van der Waals surface area contributed by atoms with Gasteiger partial charge in [-0.2, -0.15) is 0 Å². The number of aliphatic hydroxyl groups is 1. The van der Waals surface area contributed by atoms with Crippen LogP contribution < -0.4 is 0 Å². The molecule has 2 rings (SSSR count). The fourth-order valence-electron chi connectivity index (χ4n) is 1.44. The Kier molecular flexibility index (Phi) is 2.82. The van der Waals surface area contributed by atoms with E-state index in [-0.39, 0.29) is 5.82 Å². The molecule has 0 amide bonds. The Balaban J connectivity index is 2.35. The molecule has 0 fully saturated rings. The maximum atomic E-state index is 12.8. The van der Waals surface area contributed by atoms with Crippen molar-refractivity contribution in [2.45, 2.75) is 19.4 Å². The lowest BCUT2D eigenvalue weighted by Crippen LogP contribution is -2.12. The summed E-state index contributed by atoms with van der Waals surface area (Å²) >= 11 is 1.53. The second-order valence-electron chi connectivity index (χ2n) is 4.23. The summed E-state index contributed by atoms with van der Waals surface area (Å²) in [4.78, 5) is 1.95. The molecule has 0 unspecified atom stereocenters. The molecule has 0 aliphatic rings. The number of halogens is 1. The molecule has 0 aliphatic heterocycles. The van der Waals surface area contributed by atoms with Gasteiger partial charge in [-0.05, 0) is 43.7 Å². The van der Waals surface area contributed by atoms with Crippen LogP contribution in [0.1, 0.15) is 18.7 Å². The molecule has 16 heavy (non-hydrogen) atoms. The van der Waals surface area contributed by atoms with Gasteiger partial charge in [0.2, 0.25) is 0 Å². The van der Waals surface area contributed by atoms with E-state index in [9.17, 15) is 9.50 Å². The van der Waals surface area contributed by atoms with Gasteiger partial charge in [0.1, 0.15) is 5.82 Å². The van der Waals surface area contributed by atoms with Crippen LogP contribution in [0.25, 0.3) is 10.4 Å². The van der Waals surface area contributed by atoms with Gasteiger partial charge in [0.05, 0.1) is 5.60 Å². The highest BCUT2D eigenvalue weighted by molar-refractivity contribution is 7.15. The van der Waals surface area contributed by atoms with E-state index in [1.54, 1.807) is 26.0 Å². The molecule has 0 atom stereocenters. The summed E-state index contributed by atoms with van der Waals surface area (Å²) in [5, 5.41) is 9.84. The SMILES string of the molecule is CC(C)(O)c1ccc(-c2ccc(F)cc2)s1. The normalized spacial score (nSPS) is 11.8. The van der Waals surface area contributed by atoms with Crippen molar-refractivity contribution in [3.05, 3.63) is 47.1 Å². The fraction of sp³-hybridized carbons (Fsp3) is 0.231. The molecule has 0 spiro atoms. The van der Waals surface area contributed by atoms with Crippen LogP contribution in [0.4, 0.5) is 4.39 Å². The van der Waals surface area contributed by atoms with Crippen LogP contribution in [0.15, 0.2) is 36.4 Å². The van der Waals surface area contributed by atoms with E-state index < -0.39 is 5.60 Å². The van der Waals surface area contributed by atoms with Crippen LogP contribution in [0.5, 0.6) is 0 Å². The van der Waals surface area contributed by atoms with Gasteiger partial charge < -0.3 is 5.11 Å². The van der Waals surface area contributed by atoms with Crippen molar-refractivity contribution in [1.29, 1.82) is 0 Å². The zero-order chi connectivity index (χ0) is 11.8. The van der Waals surface area contributed by atoms with Gasteiger partial charge in [0.15, 0.2) is 0 Å². The van der Waals surface area contributed by atoms with E-state index in [0.717, 1.165) is 15.3 Å². The molecule has 0 aliphatic carbocycles. The van der Waals surface area contributed by atoms with Crippen molar-refractivity contribution in [3.8, 4) is 10.4 Å². The minimum absolute atomic E-state index is 0.233. The lowest BCUT2D eigenvalue weighted by molar-refractivity contribution is 0.0825. The topological polar surface area (TPSA) is 20.2 Å².